The van der Waals surface area contributed by atoms with E-state index >= 15 is 0 Å². The molecule has 1 N–H and O–H groups in total. The summed E-state index contributed by atoms with van der Waals surface area (Å²) in [5.74, 6) is -0.975. The molecule has 4 rings (SSSR count). The summed E-state index contributed by atoms with van der Waals surface area (Å²) in [7, 11) is 0. The number of hydrogen-bond acceptors (Lipinski definition) is 2. The van der Waals surface area contributed by atoms with Crippen molar-refractivity contribution in [2.24, 2.45) is 0 Å². The van der Waals surface area contributed by atoms with Gasteiger partial charge in [-0.15, -0.1) is 0 Å². The van der Waals surface area contributed by atoms with Crippen molar-refractivity contribution in [2.75, 3.05) is 0 Å². The van der Waals surface area contributed by atoms with Gasteiger partial charge in [0.25, 0.3) is 0 Å². The Hall–Kier alpha value is -3.09. The van der Waals surface area contributed by atoms with Gasteiger partial charge in [-0.2, -0.15) is 0 Å². The van der Waals surface area contributed by atoms with Gasteiger partial charge in [0, 0.05) is 32.0 Å². The maximum absolute atomic E-state index is 14.1. The highest BCUT2D eigenvalue weighted by Gasteiger charge is 2.17. The van der Waals surface area contributed by atoms with Crippen LogP contribution in [0, 0.1) is 18.6 Å². The van der Waals surface area contributed by atoms with Crippen LogP contribution in [-0.4, -0.2) is 9.67 Å². The van der Waals surface area contributed by atoms with Gasteiger partial charge in [0.15, 0.2) is 0 Å². The van der Waals surface area contributed by atoms with Crippen LogP contribution >= 0.6 is 27.5 Å². The monoisotopic (exact) mass is 529 g/mol. The van der Waals surface area contributed by atoms with Crippen molar-refractivity contribution in [1.82, 2.24) is 4.57 Å². The maximum atomic E-state index is 14.1. The Morgan fingerprint density at radius 3 is 2.48 bits per heavy atom. The second-order valence-electron chi connectivity index (χ2n) is 7.47. The lowest BCUT2D eigenvalue weighted by atomic mass is 10.1. The summed E-state index contributed by atoms with van der Waals surface area (Å²) in [6.07, 6.45) is 0. The number of nitrogens with zero attached hydrogens (tertiary/aromatic N) is 1. The number of rotatable bonds is 6. The van der Waals surface area contributed by atoms with Gasteiger partial charge in [-0.3, -0.25) is 0 Å². The molecule has 0 fully saturated rings. The molecule has 168 valence electrons. The number of aryl methyl sites for hydroxylation is 1. The molecule has 1 aromatic heterocycles. The fourth-order valence-electron chi connectivity index (χ4n) is 3.61. The van der Waals surface area contributed by atoms with Crippen molar-refractivity contribution in [3.05, 3.63) is 111 Å². The molecule has 1 heterocycles. The number of ether oxygens (including phenoxy) is 1. The van der Waals surface area contributed by atoms with E-state index in [1.165, 1.54) is 18.2 Å². The Bertz CT molecular complexity index is 1350. The van der Waals surface area contributed by atoms with Gasteiger partial charge in [0.05, 0.1) is 11.3 Å². The van der Waals surface area contributed by atoms with Crippen LogP contribution in [0.25, 0.3) is 22.7 Å². The van der Waals surface area contributed by atoms with E-state index in [-0.39, 0.29) is 17.9 Å². The van der Waals surface area contributed by atoms with E-state index in [2.05, 4.69) is 22.5 Å². The fraction of sp³-hybridized carbons (Fsp3) is 0.0769. The predicted molar refractivity (Wildman–Crippen MR) is 131 cm³/mol. The van der Waals surface area contributed by atoms with Crippen LogP contribution in [0.1, 0.15) is 16.8 Å². The van der Waals surface area contributed by atoms with Gasteiger partial charge in [-0.25, -0.2) is 8.78 Å². The number of benzene rings is 3. The highest BCUT2D eigenvalue weighted by molar-refractivity contribution is 9.10. The molecule has 0 saturated heterocycles. The lowest BCUT2D eigenvalue weighted by Gasteiger charge is -2.17. The summed E-state index contributed by atoms with van der Waals surface area (Å²) in [5.41, 5.74) is 3.52. The molecule has 0 saturated carbocycles. The zero-order valence-corrected chi connectivity index (χ0v) is 19.9. The summed E-state index contributed by atoms with van der Waals surface area (Å²) in [5, 5.41) is 10.4. The van der Waals surface area contributed by atoms with Crippen molar-refractivity contribution in [2.45, 2.75) is 13.5 Å². The first kappa shape index (κ1) is 23.1. The smallest absolute Gasteiger partial charge is 0.132 e. The second-order valence-corrected chi connectivity index (χ2v) is 8.82. The van der Waals surface area contributed by atoms with E-state index in [0.717, 1.165) is 21.5 Å². The summed E-state index contributed by atoms with van der Waals surface area (Å²) in [6.45, 7) is 5.27. The van der Waals surface area contributed by atoms with Crippen molar-refractivity contribution in [1.29, 1.82) is 0 Å². The minimum atomic E-state index is -0.671. The molecule has 0 aliphatic carbocycles. The normalized spacial score (nSPS) is 10.9. The van der Waals surface area contributed by atoms with Gasteiger partial charge in [-0.05, 0) is 67.6 Å². The second kappa shape index (κ2) is 9.41. The van der Waals surface area contributed by atoms with Crippen LogP contribution in [0.15, 0.2) is 77.8 Å². The van der Waals surface area contributed by atoms with E-state index in [1.54, 1.807) is 24.3 Å². The number of aromatic nitrogens is 1. The van der Waals surface area contributed by atoms with Crippen molar-refractivity contribution in [3.63, 3.8) is 0 Å². The Morgan fingerprint density at radius 1 is 1.06 bits per heavy atom. The highest BCUT2D eigenvalue weighted by atomic mass is 79.9. The summed E-state index contributed by atoms with van der Waals surface area (Å²) < 4.78 is 36.8. The van der Waals surface area contributed by atoms with Crippen LogP contribution in [0.3, 0.4) is 0 Å². The molecule has 7 heteroatoms. The van der Waals surface area contributed by atoms with Gasteiger partial charge < -0.3 is 14.4 Å². The summed E-state index contributed by atoms with van der Waals surface area (Å²) in [4.78, 5) is 0. The number of aliphatic hydroxyl groups excluding tert-OH is 1. The molecule has 0 atom stereocenters. The SMILES string of the molecule is C=C(O)c1cc(Br)cc(-n2c(C)ccc2-c2cc(Cl)ccc2OCc2c(F)cccc2F)c1. The first-order chi connectivity index (χ1) is 15.7. The molecule has 4 aromatic rings. The molecular weight excluding hydrogens is 512 g/mol. The molecule has 0 unspecified atom stereocenters. The minimum absolute atomic E-state index is 0.0531. The standard InChI is InChI=1S/C26H19BrClF2NO2/c1-15-6-8-25(31(15)20-11-17(16(2)32)10-18(27)12-20)21-13-19(28)7-9-26(21)33-14-22-23(29)4-3-5-24(22)30/h3-13,32H,2,14H2,1H3. The third-order valence-corrected chi connectivity index (χ3v) is 5.89. The maximum Gasteiger partial charge on any atom is 0.132 e. The molecule has 3 nitrogen and oxygen atoms in total. The third-order valence-electron chi connectivity index (χ3n) is 5.20. The molecule has 0 bridgehead atoms. The topological polar surface area (TPSA) is 34.4 Å². The van der Waals surface area contributed by atoms with Crippen LogP contribution in [0.4, 0.5) is 8.78 Å². The Kier molecular flexibility index (Phi) is 6.58. The van der Waals surface area contributed by atoms with Gasteiger partial charge in [-0.1, -0.05) is 40.2 Å². The van der Waals surface area contributed by atoms with Crippen LogP contribution in [0.2, 0.25) is 5.02 Å². The zero-order valence-electron chi connectivity index (χ0n) is 17.6. The Balaban J connectivity index is 1.80. The van der Waals surface area contributed by atoms with Crippen LogP contribution in [0.5, 0.6) is 5.75 Å². The molecule has 0 radical (unpaired) electrons. The van der Waals surface area contributed by atoms with Gasteiger partial charge in [0.1, 0.15) is 29.8 Å². The average Bonchev–Trinajstić information content (AvgIpc) is 3.15. The van der Waals surface area contributed by atoms with Gasteiger partial charge in [0.2, 0.25) is 0 Å². The van der Waals surface area contributed by atoms with Crippen molar-refractivity contribution >= 4 is 33.3 Å². The first-order valence-corrected chi connectivity index (χ1v) is 11.1. The molecule has 3 aromatic carbocycles. The number of halogens is 4. The molecule has 0 aliphatic rings. The van der Waals surface area contributed by atoms with Gasteiger partial charge >= 0.3 is 0 Å². The Morgan fingerprint density at radius 2 is 1.79 bits per heavy atom. The van der Waals surface area contributed by atoms with E-state index in [0.29, 0.717) is 21.9 Å². The number of aliphatic hydroxyl groups is 1. The quantitative estimate of drug-likeness (QED) is 0.255. The van der Waals surface area contributed by atoms with Crippen molar-refractivity contribution in [3.8, 4) is 22.7 Å². The zero-order chi connectivity index (χ0) is 23.7. The molecule has 0 amide bonds. The van der Waals surface area contributed by atoms with E-state index in [4.69, 9.17) is 16.3 Å². The lowest BCUT2D eigenvalue weighted by molar-refractivity contribution is 0.293. The molecule has 33 heavy (non-hydrogen) atoms. The van der Waals surface area contributed by atoms with E-state index in [1.807, 2.05) is 35.8 Å². The Labute approximate surface area is 203 Å². The summed E-state index contributed by atoms with van der Waals surface area (Å²) >= 11 is 9.77. The predicted octanol–water partition coefficient (Wildman–Crippen LogP) is 8.25. The summed E-state index contributed by atoms with van der Waals surface area (Å²) in [6, 6.07) is 18.1. The largest absolute Gasteiger partial charge is 0.508 e. The van der Waals surface area contributed by atoms with E-state index < -0.39 is 11.6 Å². The number of hydrogen-bond donors (Lipinski definition) is 1. The molecule has 0 aliphatic heterocycles. The fourth-order valence-corrected chi connectivity index (χ4v) is 4.26. The molecule has 0 spiro atoms. The highest BCUT2D eigenvalue weighted by Crippen LogP contribution is 2.37. The van der Waals surface area contributed by atoms with Crippen LogP contribution < -0.4 is 4.74 Å². The van der Waals surface area contributed by atoms with Crippen molar-refractivity contribution < 1.29 is 18.6 Å². The first-order valence-electron chi connectivity index (χ1n) is 9.98. The van der Waals surface area contributed by atoms with Crippen LogP contribution in [-0.2, 0) is 6.61 Å². The third kappa shape index (κ3) is 4.82. The van der Waals surface area contributed by atoms with E-state index in [9.17, 15) is 13.9 Å². The minimum Gasteiger partial charge on any atom is -0.508 e. The average molecular weight is 531 g/mol. The lowest BCUT2D eigenvalue weighted by Crippen LogP contribution is -2.04. The molecular formula is C26H19BrClF2NO2.